The summed E-state index contributed by atoms with van der Waals surface area (Å²) in [6, 6.07) is 7.56. The van der Waals surface area contributed by atoms with Crippen molar-refractivity contribution >= 4 is 5.91 Å². The highest BCUT2D eigenvalue weighted by atomic mass is 16.6. The first-order chi connectivity index (χ1) is 13.8. The molecule has 0 bridgehead atoms. The van der Waals surface area contributed by atoms with Crippen molar-refractivity contribution in [3.05, 3.63) is 51.7 Å². The van der Waals surface area contributed by atoms with E-state index in [4.69, 9.17) is 9.47 Å². The summed E-state index contributed by atoms with van der Waals surface area (Å²) in [7, 11) is 0. The summed E-state index contributed by atoms with van der Waals surface area (Å²) in [5.41, 5.74) is 2.30. The third-order valence-electron chi connectivity index (χ3n) is 5.04. The quantitative estimate of drug-likeness (QED) is 0.774. The van der Waals surface area contributed by atoms with Crippen LogP contribution in [0.3, 0.4) is 0 Å². The Balaban J connectivity index is 1.61. The second-order valence-corrected chi connectivity index (χ2v) is 7.77. The number of fused-ring (bicyclic) bond motifs is 1. The molecule has 0 aliphatic carbocycles. The molecule has 0 saturated heterocycles. The van der Waals surface area contributed by atoms with Crippen LogP contribution >= 0.6 is 0 Å². The predicted octanol–water partition coefficient (Wildman–Crippen LogP) is 2.93. The Morgan fingerprint density at radius 1 is 1.17 bits per heavy atom. The number of aryl methyl sites for hydroxylation is 2. The van der Waals surface area contributed by atoms with E-state index >= 15 is 0 Å². The fourth-order valence-electron chi connectivity index (χ4n) is 3.58. The average molecular weight is 399 g/mol. The molecule has 1 amide bonds. The van der Waals surface area contributed by atoms with Gasteiger partial charge in [-0.25, -0.2) is 4.79 Å². The maximum absolute atomic E-state index is 12.6. The van der Waals surface area contributed by atoms with Crippen LogP contribution in [0.1, 0.15) is 49.7 Å². The SMILES string of the molecule is Cc1cc(C)n(CCCC(=O)NC(c2ccc3c(c2)OCCO3)C(C)C)c(=O)n1. The molecule has 2 aromatic rings. The lowest BCUT2D eigenvalue weighted by Crippen LogP contribution is -2.32. The standard InChI is InChI=1S/C22H29N3O4/c1-14(2)21(17-7-8-18-19(13-17)29-11-10-28-18)24-20(26)6-5-9-25-16(4)12-15(3)23-22(25)27/h7-8,12-14,21H,5-6,9-11H2,1-4H3,(H,24,26). The minimum absolute atomic E-state index is 0.0376. The first-order valence-corrected chi connectivity index (χ1v) is 10.1. The number of amides is 1. The van der Waals surface area contributed by atoms with Gasteiger partial charge >= 0.3 is 5.69 Å². The molecular formula is C22H29N3O4. The van der Waals surface area contributed by atoms with Crippen molar-refractivity contribution in [3.8, 4) is 11.5 Å². The number of carbonyl (C=O) groups excluding carboxylic acids is 1. The molecule has 1 atom stereocenters. The zero-order valence-electron chi connectivity index (χ0n) is 17.5. The third kappa shape index (κ3) is 5.16. The van der Waals surface area contributed by atoms with Gasteiger partial charge in [0.15, 0.2) is 11.5 Å². The van der Waals surface area contributed by atoms with Crippen LogP contribution in [0.5, 0.6) is 11.5 Å². The maximum atomic E-state index is 12.6. The van der Waals surface area contributed by atoms with Gasteiger partial charge in [0.05, 0.1) is 6.04 Å². The number of hydrogen-bond acceptors (Lipinski definition) is 5. The topological polar surface area (TPSA) is 82.5 Å². The number of hydrogen-bond donors (Lipinski definition) is 1. The highest BCUT2D eigenvalue weighted by molar-refractivity contribution is 5.76. The summed E-state index contributed by atoms with van der Waals surface area (Å²) in [6.07, 6.45) is 0.913. The molecule has 29 heavy (non-hydrogen) atoms. The minimum atomic E-state index is -0.265. The van der Waals surface area contributed by atoms with Crippen LogP contribution in [0.2, 0.25) is 0 Å². The van der Waals surface area contributed by atoms with E-state index in [2.05, 4.69) is 24.1 Å². The van der Waals surface area contributed by atoms with Gasteiger partial charge in [-0.1, -0.05) is 19.9 Å². The summed E-state index contributed by atoms with van der Waals surface area (Å²) in [5.74, 6) is 1.63. The molecular weight excluding hydrogens is 370 g/mol. The van der Waals surface area contributed by atoms with Gasteiger partial charge < -0.3 is 14.8 Å². The molecule has 7 heteroatoms. The zero-order chi connectivity index (χ0) is 21.0. The van der Waals surface area contributed by atoms with Gasteiger partial charge in [0, 0.05) is 24.4 Å². The number of carbonyl (C=O) groups is 1. The van der Waals surface area contributed by atoms with E-state index < -0.39 is 0 Å². The van der Waals surface area contributed by atoms with E-state index in [1.54, 1.807) is 11.5 Å². The van der Waals surface area contributed by atoms with Crippen LogP contribution in [0.25, 0.3) is 0 Å². The van der Waals surface area contributed by atoms with Crippen LogP contribution in [0, 0.1) is 19.8 Å². The Morgan fingerprint density at radius 3 is 2.59 bits per heavy atom. The molecule has 0 fully saturated rings. The molecule has 1 aliphatic rings. The lowest BCUT2D eigenvalue weighted by molar-refractivity contribution is -0.122. The van der Waals surface area contributed by atoms with Crippen molar-refractivity contribution in [3.63, 3.8) is 0 Å². The molecule has 2 heterocycles. The van der Waals surface area contributed by atoms with E-state index in [-0.39, 0.29) is 23.6 Å². The van der Waals surface area contributed by atoms with Gasteiger partial charge in [-0.3, -0.25) is 9.36 Å². The Morgan fingerprint density at radius 2 is 1.90 bits per heavy atom. The van der Waals surface area contributed by atoms with E-state index in [1.807, 2.05) is 31.2 Å². The molecule has 0 spiro atoms. The molecule has 1 aliphatic heterocycles. The molecule has 1 aromatic heterocycles. The van der Waals surface area contributed by atoms with Crippen molar-refractivity contribution in [2.24, 2.45) is 5.92 Å². The monoisotopic (exact) mass is 399 g/mol. The normalized spacial score (nSPS) is 14.0. The van der Waals surface area contributed by atoms with E-state index in [1.165, 1.54) is 0 Å². The summed E-state index contributed by atoms with van der Waals surface area (Å²) in [5, 5.41) is 3.13. The first-order valence-electron chi connectivity index (χ1n) is 10.1. The van der Waals surface area contributed by atoms with Gasteiger partial charge in [0.2, 0.25) is 5.91 Å². The molecule has 0 radical (unpaired) electrons. The number of nitrogens with zero attached hydrogens (tertiary/aromatic N) is 2. The second kappa shape index (κ2) is 9.11. The van der Waals surface area contributed by atoms with Gasteiger partial charge in [-0.15, -0.1) is 0 Å². The lowest BCUT2D eigenvalue weighted by atomic mass is 9.95. The van der Waals surface area contributed by atoms with Crippen molar-refractivity contribution in [1.29, 1.82) is 0 Å². The Kier molecular flexibility index (Phi) is 6.56. The molecule has 7 nitrogen and oxygen atoms in total. The highest BCUT2D eigenvalue weighted by Crippen LogP contribution is 2.34. The minimum Gasteiger partial charge on any atom is -0.486 e. The summed E-state index contributed by atoms with van der Waals surface area (Å²) in [6.45, 7) is 9.38. The summed E-state index contributed by atoms with van der Waals surface area (Å²) >= 11 is 0. The van der Waals surface area contributed by atoms with E-state index in [0.717, 1.165) is 22.8 Å². The first kappa shape index (κ1) is 20.9. The number of ether oxygens (including phenoxy) is 2. The fourth-order valence-corrected chi connectivity index (χ4v) is 3.58. The zero-order valence-corrected chi connectivity index (χ0v) is 17.5. The number of benzene rings is 1. The lowest BCUT2D eigenvalue weighted by Gasteiger charge is -2.25. The summed E-state index contributed by atoms with van der Waals surface area (Å²) in [4.78, 5) is 28.6. The van der Waals surface area contributed by atoms with Crippen LogP contribution in [0.15, 0.2) is 29.1 Å². The van der Waals surface area contributed by atoms with Crippen LogP contribution < -0.4 is 20.5 Å². The number of nitrogens with one attached hydrogen (secondary N) is 1. The predicted molar refractivity (Wildman–Crippen MR) is 110 cm³/mol. The van der Waals surface area contributed by atoms with Gasteiger partial charge in [-0.05, 0) is 49.9 Å². The van der Waals surface area contributed by atoms with Crippen molar-refractivity contribution < 1.29 is 14.3 Å². The maximum Gasteiger partial charge on any atom is 0.347 e. The Labute approximate surface area is 171 Å². The molecule has 0 saturated carbocycles. The fraction of sp³-hybridized carbons (Fsp3) is 0.500. The van der Waals surface area contributed by atoms with Crippen molar-refractivity contribution in [2.45, 2.75) is 53.1 Å². The van der Waals surface area contributed by atoms with Crippen LogP contribution in [-0.4, -0.2) is 28.7 Å². The number of rotatable bonds is 7. The molecule has 1 unspecified atom stereocenters. The van der Waals surface area contributed by atoms with Gasteiger partial charge in [0.1, 0.15) is 13.2 Å². The van der Waals surface area contributed by atoms with Crippen LogP contribution in [-0.2, 0) is 11.3 Å². The average Bonchev–Trinajstić information content (AvgIpc) is 2.67. The number of aromatic nitrogens is 2. The highest BCUT2D eigenvalue weighted by Gasteiger charge is 2.21. The molecule has 1 aromatic carbocycles. The second-order valence-electron chi connectivity index (χ2n) is 7.77. The summed E-state index contributed by atoms with van der Waals surface area (Å²) < 4.78 is 12.9. The van der Waals surface area contributed by atoms with Crippen LogP contribution in [0.4, 0.5) is 0 Å². The molecule has 1 N–H and O–H groups in total. The Bertz CT molecular complexity index is 936. The van der Waals surface area contributed by atoms with Crippen molar-refractivity contribution in [2.75, 3.05) is 13.2 Å². The van der Waals surface area contributed by atoms with Crippen molar-refractivity contribution in [1.82, 2.24) is 14.9 Å². The van der Waals surface area contributed by atoms with E-state index in [0.29, 0.717) is 38.3 Å². The Hall–Kier alpha value is -2.83. The van der Waals surface area contributed by atoms with E-state index in [9.17, 15) is 9.59 Å². The molecule has 156 valence electrons. The largest absolute Gasteiger partial charge is 0.486 e. The third-order valence-corrected chi connectivity index (χ3v) is 5.04. The molecule has 3 rings (SSSR count). The van der Waals surface area contributed by atoms with Gasteiger partial charge in [0.25, 0.3) is 0 Å². The van der Waals surface area contributed by atoms with Gasteiger partial charge in [-0.2, -0.15) is 4.98 Å². The smallest absolute Gasteiger partial charge is 0.347 e.